The molecule has 0 bridgehead atoms. The monoisotopic (exact) mass is 315 g/mol. The first-order valence-corrected chi connectivity index (χ1v) is 7.86. The second kappa shape index (κ2) is 6.12. The Kier molecular flexibility index (Phi) is 3.67. The number of anilines is 1. The lowest BCUT2D eigenvalue weighted by molar-refractivity contribution is 0.785. The topological polar surface area (TPSA) is 55.6 Å². The minimum absolute atomic E-state index is 0.763. The normalized spacial score (nSPS) is 10.9. The van der Waals surface area contributed by atoms with Crippen LogP contribution < -0.4 is 5.32 Å². The van der Waals surface area contributed by atoms with Gasteiger partial charge in [-0.1, -0.05) is 48.5 Å². The molecule has 0 saturated carbocycles. The Morgan fingerprint density at radius 2 is 1.88 bits per heavy atom. The summed E-state index contributed by atoms with van der Waals surface area (Å²) in [6.07, 6.45) is 1.61. The van der Waals surface area contributed by atoms with Crippen LogP contribution in [0.3, 0.4) is 0 Å². The van der Waals surface area contributed by atoms with Gasteiger partial charge in [0.05, 0.1) is 5.69 Å². The first-order chi connectivity index (χ1) is 11.8. The second-order valence-electron chi connectivity index (χ2n) is 5.75. The lowest BCUT2D eigenvalue weighted by atomic mass is 10.0. The maximum absolute atomic E-state index is 3.98. The predicted molar refractivity (Wildman–Crippen MR) is 95.2 cm³/mol. The van der Waals surface area contributed by atoms with Crippen LogP contribution in [0.1, 0.15) is 11.1 Å². The van der Waals surface area contributed by atoms with Crippen molar-refractivity contribution in [1.29, 1.82) is 0 Å². The van der Waals surface area contributed by atoms with Gasteiger partial charge in [0.25, 0.3) is 0 Å². The zero-order valence-electron chi connectivity index (χ0n) is 13.3. The second-order valence-corrected chi connectivity index (χ2v) is 5.75. The van der Waals surface area contributed by atoms with Gasteiger partial charge in [-0.3, -0.25) is 0 Å². The van der Waals surface area contributed by atoms with E-state index in [1.54, 1.807) is 11.0 Å². The van der Waals surface area contributed by atoms with Crippen molar-refractivity contribution in [3.05, 3.63) is 78.1 Å². The molecule has 4 aromatic rings. The highest BCUT2D eigenvalue weighted by atomic mass is 15.5. The quantitative estimate of drug-likeness (QED) is 0.623. The Bertz CT molecular complexity index is 971. The standard InChI is InChI=1S/C19H17N5/c1-14-9-10-17(11-19(14)24-13-21-22-23-24)20-12-16-7-4-6-15-5-2-3-8-18(15)16/h2-11,13,20H,12H2,1H3. The highest BCUT2D eigenvalue weighted by molar-refractivity contribution is 5.85. The van der Waals surface area contributed by atoms with Gasteiger partial charge in [-0.25, -0.2) is 4.68 Å². The Hall–Kier alpha value is -3.21. The molecule has 3 aromatic carbocycles. The molecule has 5 heteroatoms. The van der Waals surface area contributed by atoms with E-state index in [0.717, 1.165) is 23.5 Å². The van der Waals surface area contributed by atoms with Gasteiger partial charge in [-0.15, -0.1) is 5.10 Å². The lowest BCUT2D eigenvalue weighted by Gasteiger charge is -2.12. The number of tetrazole rings is 1. The summed E-state index contributed by atoms with van der Waals surface area (Å²) in [7, 11) is 0. The van der Waals surface area contributed by atoms with Gasteiger partial charge in [-0.2, -0.15) is 0 Å². The molecule has 1 heterocycles. The van der Waals surface area contributed by atoms with Crippen molar-refractivity contribution in [1.82, 2.24) is 20.2 Å². The minimum Gasteiger partial charge on any atom is -0.381 e. The van der Waals surface area contributed by atoms with Crippen LogP contribution in [-0.2, 0) is 6.54 Å². The smallest absolute Gasteiger partial charge is 0.143 e. The summed E-state index contributed by atoms with van der Waals surface area (Å²) >= 11 is 0. The molecular weight excluding hydrogens is 298 g/mol. The number of benzene rings is 3. The number of hydrogen-bond acceptors (Lipinski definition) is 4. The van der Waals surface area contributed by atoms with E-state index in [2.05, 4.69) is 81.5 Å². The van der Waals surface area contributed by atoms with Crippen molar-refractivity contribution in [2.24, 2.45) is 0 Å². The van der Waals surface area contributed by atoms with Crippen LogP contribution in [0.4, 0.5) is 5.69 Å². The Morgan fingerprint density at radius 3 is 2.75 bits per heavy atom. The van der Waals surface area contributed by atoms with E-state index < -0.39 is 0 Å². The maximum atomic E-state index is 3.98. The largest absolute Gasteiger partial charge is 0.381 e. The molecule has 0 aliphatic heterocycles. The third-order valence-electron chi connectivity index (χ3n) is 4.17. The predicted octanol–water partition coefficient (Wildman–Crippen LogP) is 3.74. The van der Waals surface area contributed by atoms with Gasteiger partial charge in [0.2, 0.25) is 0 Å². The van der Waals surface area contributed by atoms with Crippen LogP contribution >= 0.6 is 0 Å². The van der Waals surface area contributed by atoms with Crippen LogP contribution in [-0.4, -0.2) is 20.2 Å². The Labute approximate surface area is 139 Å². The molecule has 0 atom stereocenters. The molecule has 24 heavy (non-hydrogen) atoms. The van der Waals surface area contributed by atoms with Crippen molar-refractivity contribution in [3.63, 3.8) is 0 Å². The molecule has 0 spiro atoms. The van der Waals surface area contributed by atoms with Crippen molar-refractivity contribution >= 4 is 16.5 Å². The molecule has 0 fully saturated rings. The highest BCUT2D eigenvalue weighted by Gasteiger charge is 2.05. The number of hydrogen-bond donors (Lipinski definition) is 1. The molecule has 4 rings (SSSR count). The van der Waals surface area contributed by atoms with E-state index in [1.807, 2.05) is 6.92 Å². The van der Waals surface area contributed by atoms with E-state index in [-0.39, 0.29) is 0 Å². The van der Waals surface area contributed by atoms with Crippen molar-refractivity contribution in [3.8, 4) is 5.69 Å². The molecule has 0 aliphatic carbocycles. The van der Waals surface area contributed by atoms with E-state index in [9.17, 15) is 0 Å². The molecular formula is C19H17N5. The average Bonchev–Trinajstić information content (AvgIpc) is 3.15. The van der Waals surface area contributed by atoms with Gasteiger partial charge < -0.3 is 5.32 Å². The first-order valence-electron chi connectivity index (χ1n) is 7.86. The molecule has 1 aromatic heterocycles. The van der Waals surface area contributed by atoms with Crippen LogP contribution in [0.25, 0.3) is 16.5 Å². The number of aryl methyl sites for hydroxylation is 1. The zero-order chi connectivity index (χ0) is 16.4. The Balaban J connectivity index is 1.61. The van der Waals surface area contributed by atoms with Gasteiger partial charge in [0.1, 0.15) is 6.33 Å². The van der Waals surface area contributed by atoms with Gasteiger partial charge >= 0.3 is 0 Å². The summed E-state index contributed by atoms with van der Waals surface area (Å²) < 4.78 is 1.68. The molecule has 118 valence electrons. The van der Waals surface area contributed by atoms with Gasteiger partial charge in [0.15, 0.2) is 0 Å². The number of fused-ring (bicyclic) bond motifs is 1. The summed E-state index contributed by atoms with van der Waals surface area (Å²) in [6, 6.07) is 21.1. The number of aromatic nitrogens is 4. The lowest BCUT2D eigenvalue weighted by Crippen LogP contribution is -2.03. The van der Waals surface area contributed by atoms with Crippen LogP contribution in [0, 0.1) is 6.92 Å². The van der Waals surface area contributed by atoms with E-state index in [0.29, 0.717) is 0 Å². The first kappa shape index (κ1) is 14.4. The zero-order valence-corrected chi connectivity index (χ0v) is 13.3. The number of rotatable bonds is 4. The highest BCUT2D eigenvalue weighted by Crippen LogP contribution is 2.22. The summed E-state index contributed by atoms with van der Waals surface area (Å²) in [4.78, 5) is 0. The third-order valence-corrected chi connectivity index (χ3v) is 4.17. The molecule has 0 saturated heterocycles. The summed E-state index contributed by atoms with van der Waals surface area (Å²) in [5.74, 6) is 0. The summed E-state index contributed by atoms with van der Waals surface area (Å²) in [6.45, 7) is 2.81. The van der Waals surface area contributed by atoms with E-state index in [4.69, 9.17) is 0 Å². The summed E-state index contributed by atoms with van der Waals surface area (Å²) in [5, 5.41) is 17.4. The average molecular weight is 315 g/mol. The van der Waals surface area contributed by atoms with E-state index >= 15 is 0 Å². The van der Waals surface area contributed by atoms with Crippen molar-refractivity contribution in [2.45, 2.75) is 13.5 Å². The minimum atomic E-state index is 0.763. The van der Waals surface area contributed by atoms with Crippen LogP contribution in [0.15, 0.2) is 67.0 Å². The summed E-state index contributed by atoms with van der Waals surface area (Å²) in [5.41, 5.74) is 4.41. The molecule has 0 aliphatic rings. The van der Waals surface area contributed by atoms with E-state index in [1.165, 1.54) is 16.3 Å². The van der Waals surface area contributed by atoms with Crippen LogP contribution in [0.2, 0.25) is 0 Å². The SMILES string of the molecule is Cc1ccc(NCc2cccc3ccccc23)cc1-n1cnnn1. The molecule has 0 unspecified atom stereocenters. The number of nitrogens with one attached hydrogen (secondary N) is 1. The van der Waals surface area contributed by atoms with Crippen molar-refractivity contribution < 1.29 is 0 Å². The fourth-order valence-electron chi connectivity index (χ4n) is 2.88. The third kappa shape index (κ3) is 2.72. The van der Waals surface area contributed by atoms with Gasteiger partial charge in [-0.05, 0) is 51.4 Å². The molecule has 5 nitrogen and oxygen atoms in total. The molecule has 0 amide bonds. The molecule has 1 N–H and O–H groups in total. The Morgan fingerprint density at radius 1 is 1.00 bits per heavy atom. The van der Waals surface area contributed by atoms with Crippen molar-refractivity contribution in [2.75, 3.05) is 5.32 Å². The van der Waals surface area contributed by atoms with Gasteiger partial charge in [0, 0.05) is 12.2 Å². The maximum Gasteiger partial charge on any atom is 0.143 e. The molecule has 0 radical (unpaired) electrons. The fourth-order valence-corrected chi connectivity index (χ4v) is 2.88. The van der Waals surface area contributed by atoms with Crippen LogP contribution in [0.5, 0.6) is 0 Å². The fraction of sp³-hybridized carbons (Fsp3) is 0.105. The number of nitrogens with zero attached hydrogens (tertiary/aromatic N) is 4.